The quantitative estimate of drug-likeness (QED) is 0.140. The van der Waals surface area contributed by atoms with E-state index in [1.165, 1.54) is 44.2 Å². The van der Waals surface area contributed by atoms with Crippen molar-refractivity contribution in [1.29, 1.82) is 0 Å². The van der Waals surface area contributed by atoms with Crippen molar-refractivity contribution in [3.63, 3.8) is 0 Å². The Balaban J connectivity index is 0.00000241. The van der Waals surface area contributed by atoms with Gasteiger partial charge in [0.25, 0.3) is 0 Å². The molecule has 0 N–H and O–H groups in total. The van der Waals surface area contributed by atoms with Gasteiger partial charge in [-0.15, -0.1) is 56.9 Å². The molecule has 0 spiro atoms. The van der Waals surface area contributed by atoms with Crippen LogP contribution in [0.15, 0.2) is 36.4 Å². The number of aryl methyl sites for hydroxylation is 2. The van der Waals surface area contributed by atoms with E-state index in [0.29, 0.717) is 23.7 Å². The van der Waals surface area contributed by atoms with Crippen LogP contribution in [0, 0.1) is 28.7 Å². The second-order valence-electron chi connectivity index (χ2n) is 12.8. The molecule has 0 aliphatic carbocycles. The molecule has 0 fully saturated rings. The molecule has 0 unspecified atom stereocenters. The van der Waals surface area contributed by atoms with Crippen LogP contribution in [0.4, 0.5) is 0 Å². The predicted octanol–water partition coefficient (Wildman–Crippen LogP) is 10.3. The van der Waals surface area contributed by atoms with Gasteiger partial charge in [0.15, 0.2) is 0 Å². The van der Waals surface area contributed by atoms with Crippen LogP contribution in [0.5, 0.6) is 0 Å². The number of hydrogen-bond acceptors (Lipinski definition) is 0. The second kappa shape index (κ2) is 12.5. The van der Waals surface area contributed by atoms with Crippen molar-refractivity contribution in [2.24, 2.45) is 0 Å². The molecule has 0 saturated carbocycles. The molecule has 204 valence electrons. The Morgan fingerprint density at radius 2 is 0.868 bits per heavy atom. The summed E-state index contributed by atoms with van der Waals surface area (Å²) < 4.78 is 0. The molecule has 4 rings (SSSR count). The first-order valence-corrected chi connectivity index (χ1v) is 16.7. The maximum Gasteiger partial charge on any atom is 4.00 e. The molecular weight excluding hydrogens is 639 g/mol. The fourth-order valence-corrected chi connectivity index (χ4v) is 10.7. The van der Waals surface area contributed by atoms with Gasteiger partial charge in [-0.1, -0.05) is 117 Å². The maximum atomic E-state index is 2.61. The summed E-state index contributed by atoms with van der Waals surface area (Å²) in [5, 5.41) is 9.32. The van der Waals surface area contributed by atoms with E-state index >= 15 is 0 Å². The van der Waals surface area contributed by atoms with Crippen LogP contribution in [-0.2, 0) is 25.8 Å². The molecule has 2 heteroatoms. The molecule has 0 aliphatic heterocycles. The zero-order valence-electron chi connectivity index (χ0n) is 26.8. The first-order chi connectivity index (χ1) is 16.2. The summed E-state index contributed by atoms with van der Waals surface area (Å²) in [5.74, 6) is 2.12. The Bertz CT molecular complexity index is 1280. The van der Waals surface area contributed by atoms with E-state index < -0.39 is 8.07 Å². The zero-order valence-corrected chi connectivity index (χ0v) is 31.4. The molecule has 0 saturated heterocycles. The van der Waals surface area contributed by atoms with Gasteiger partial charge in [0.05, 0.1) is 0 Å². The van der Waals surface area contributed by atoms with Gasteiger partial charge in [0.1, 0.15) is 0 Å². The van der Waals surface area contributed by atoms with Crippen molar-refractivity contribution >= 4 is 40.0 Å². The summed E-state index contributed by atoms with van der Waals surface area (Å²) >= 11 is 0. The van der Waals surface area contributed by atoms with Crippen LogP contribution in [0.1, 0.15) is 112 Å². The van der Waals surface area contributed by atoms with Crippen LogP contribution >= 0.6 is 0 Å². The van der Waals surface area contributed by atoms with E-state index in [9.17, 15) is 0 Å². The summed E-state index contributed by atoms with van der Waals surface area (Å²) in [6, 6.07) is 14.9. The smallest absolute Gasteiger partial charge is 0.358 e. The summed E-state index contributed by atoms with van der Waals surface area (Å²) in [4.78, 5) is 0. The van der Waals surface area contributed by atoms with Crippen molar-refractivity contribution in [3.8, 4) is 0 Å². The third-order valence-corrected chi connectivity index (χ3v) is 12.1. The van der Waals surface area contributed by atoms with E-state index in [1.807, 2.05) is 0 Å². The standard InChI is InChI=1S/C34H46Si.2CH3.Hf/c1-19(2)25-15-27-13-23(9)33(31(27)29(17-25)21(5)6)35(11,12)34-24(10)14-28-16-26(20(3)4)18-30(22(7)8)32(28)34;;;/h13-22H,1-12H3;2*1H3;/q-2;2*-1;+4. The third-order valence-electron chi connectivity index (χ3n) is 8.30. The predicted molar refractivity (Wildman–Crippen MR) is 174 cm³/mol. The van der Waals surface area contributed by atoms with Crippen LogP contribution in [-0.4, -0.2) is 8.07 Å². The molecular formula is C36H52HfSi. The van der Waals surface area contributed by atoms with Gasteiger partial charge in [0.2, 0.25) is 0 Å². The Kier molecular flexibility index (Phi) is 11.4. The fraction of sp³-hybridized carbons (Fsp3) is 0.444. The molecule has 0 radical (unpaired) electrons. The van der Waals surface area contributed by atoms with Crippen LogP contribution in [0.2, 0.25) is 13.1 Å². The minimum atomic E-state index is -2.01. The molecule has 4 aromatic carbocycles. The monoisotopic (exact) mass is 692 g/mol. The summed E-state index contributed by atoms with van der Waals surface area (Å²) in [5.41, 5.74) is 8.98. The Labute approximate surface area is 255 Å². The SMILES string of the molecule is Cc1[cH-]c2cc(C(C)C)cc(C(C)C)c2c1[Si](C)(C)c1c(C)[cH-]c2cc(C(C)C)cc(C(C)C)c12.[CH3-].[CH3-].[Hf+4]. The molecule has 0 heterocycles. The summed E-state index contributed by atoms with van der Waals surface area (Å²) in [6.07, 6.45) is 0. The normalized spacial score (nSPS) is 12.0. The van der Waals surface area contributed by atoms with Gasteiger partial charge in [-0.2, -0.15) is 10.4 Å². The second-order valence-corrected chi connectivity index (χ2v) is 17.0. The number of hydrogen-bond donors (Lipinski definition) is 0. The minimum absolute atomic E-state index is 0. The van der Waals surface area contributed by atoms with Gasteiger partial charge in [-0.3, -0.25) is 0 Å². The van der Waals surface area contributed by atoms with E-state index in [-0.39, 0.29) is 40.7 Å². The number of rotatable bonds is 6. The largest absolute Gasteiger partial charge is 4.00 e. The van der Waals surface area contributed by atoms with E-state index in [0.717, 1.165) is 0 Å². The molecule has 0 bridgehead atoms. The Morgan fingerprint density at radius 1 is 0.553 bits per heavy atom. The van der Waals surface area contributed by atoms with Crippen molar-refractivity contribution in [3.05, 3.63) is 84.6 Å². The summed E-state index contributed by atoms with van der Waals surface area (Å²) in [6.45, 7) is 28.7. The van der Waals surface area contributed by atoms with Crippen molar-refractivity contribution in [1.82, 2.24) is 0 Å². The first-order valence-electron chi connectivity index (χ1n) is 13.7. The molecule has 0 aromatic heterocycles. The van der Waals surface area contributed by atoms with Crippen molar-refractivity contribution in [2.75, 3.05) is 0 Å². The average Bonchev–Trinajstić information content (AvgIpc) is 3.27. The van der Waals surface area contributed by atoms with Gasteiger partial charge in [-0.05, 0) is 23.7 Å². The number of fused-ring (bicyclic) bond motifs is 2. The van der Waals surface area contributed by atoms with E-state index in [1.54, 1.807) is 21.1 Å². The molecule has 0 nitrogen and oxygen atoms in total. The van der Waals surface area contributed by atoms with Gasteiger partial charge < -0.3 is 14.9 Å². The molecule has 4 aromatic rings. The van der Waals surface area contributed by atoms with Gasteiger partial charge in [0, 0.05) is 8.07 Å². The van der Waals surface area contributed by atoms with E-state index in [2.05, 4.69) is 119 Å². The van der Waals surface area contributed by atoms with Crippen molar-refractivity contribution in [2.45, 2.75) is 106 Å². The van der Waals surface area contributed by atoms with Gasteiger partial charge in [-0.25, -0.2) is 0 Å². The minimum Gasteiger partial charge on any atom is -0.358 e. The van der Waals surface area contributed by atoms with Crippen LogP contribution in [0.3, 0.4) is 0 Å². The fourth-order valence-electron chi connectivity index (χ4n) is 6.55. The maximum absolute atomic E-state index is 2.61. The summed E-state index contributed by atoms with van der Waals surface area (Å²) in [7, 11) is -2.01. The number of benzene rings is 2. The molecule has 0 amide bonds. The topological polar surface area (TPSA) is 0 Å². The first kappa shape index (κ1) is 34.8. The Morgan fingerprint density at radius 3 is 1.13 bits per heavy atom. The van der Waals surface area contributed by atoms with Crippen molar-refractivity contribution < 1.29 is 25.8 Å². The van der Waals surface area contributed by atoms with Crippen LogP contribution in [0.25, 0.3) is 21.5 Å². The van der Waals surface area contributed by atoms with Crippen LogP contribution < -0.4 is 10.4 Å². The third kappa shape index (κ3) is 5.78. The molecule has 38 heavy (non-hydrogen) atoms. The van der Waals surface area contributed by atoms with E-state index in [4.69, 9.17) is 0 Å². The average molecular weight is 691 g/mol. The zero-order chi connectivity index (χ0) is 26.0. The Hall–Kier alpha value is -1.25. The molecule has 0 atom stereocenters. The van der Waals surface area contributed by atoms with Gasteiger partial charge >= 0.3 is 25.8 Å². The molecule has 0 aliphatic rings.